The van der Waals surface area contributed by atoms with Crippen LogP contribution >= 0.6 is 45.9 Å². The zero-order valence-corrected chi connectivity index (χ0v) is 13.9. The van der Waals surface area contributed by atoms with E-state index in [1.165, 1.54) is 17.4 Å². The molecule has 3 rings (SSSR count). The lowest BCUT2D eigenvalue weighted by Crippen LogP contribution is -2.12. The topological polar surface area (TPSA) is 42.0 Å². The van der Waals surface area contributed by atoms with E-state index in [4.69, 9.17) is 23.2 Å². The van der Waals surface area contributed by atoms with Crippen molar-refractivity contribution in [3.8, 4) is 10.6 Å². The number of thiophene rings is 1. The molecule has 1 N–H and O–H groups in total. The third-order valence-electron chi connectivity index (χ3n) is 2.75. The van der Waals surface area contributed by atoms with E-state index in [1.54, 1.807) is 11.3 Å². The Kier molecular flexibility index (Phi) is 4.44. The summed E-state index contributed by atoms with van der Waals surface area (Å²) in [6.45, 7) is 0. The van der Waals surface area contributed by atoms with Crippen molar-refractivity contribution in [2.24, 2.45) is 0 Å². The standard InChI is InChI=1S/C14H7Cl2FN2OS2/c15-8-5-9(16)10(17)4-7(8)13(20)19-14-18-11(6-22-14)12-2-1-3-21-12/h1-6H,(H,18,19,20). The molecule has 0 aliphatic carbocycles. The van der Waals surface area contributed by atoms with E-state index in [9.17, 15) is 9.18 Å². The molecule has 0 bridgehead atoms. The third kappa shape index (κ3) is 3.15. The molecule has 112 valence electrons. The molecule has 0 atom stereocenters. The summed E-state index contributed by atoms with van der Waals surface area (Å²) in [4.78, 5) is 17.5. The fourth-order valence-electron chi connectivity index (χ4n) is 1.73. The van der Waals surface area contributed by atoms with Crippen molar-refractivity contribution in [2.45, 2.75) is 0 Å². The Morgan fingerprint density at radius 2 is 2.05 bits per heavy atom. The number of hydrogen-bond donors (Lipinski definition) is 1. The van der Waals surface area contributed by atoms with E-state index in [1.807, 2.05) is 22.9 Å². The second-order valence-electron chi connectivity index (χ2n) is 4.22. The smallest absolute Gasteiger partial charge is 0.259 e. The fourth-order valence-corrected chi connectivity index (χ4v) is 3.67. The largest absolute Gasteiger partial charge is 0.298 e. The molecule has 0 aliphatic heterocycles. The minimum atomic E-state index is -0.699. The monoisotopic (exact) mass is 372 g/mol. The van der Waals surface area contributed by atoms with Gasteiger partial charge in [0.25, 0.3) is 5.91 Å². The van der Waals surface area contributed by atoms with Gasteiger partial charge in [0.2, 0.25) is 0 Å². The summed E-state index contributed by atoms with van der Waals surface area (Å²) in [6, 6.07) is 6.07. The molecule has 0 fully saturated rings. The van der Waals surface area contributed by atoms with E-state index in [-0.39, 0.29) is 15.6 Å². The first-order valence-electron chi connectivity index (χ1n) is 6.00. The Labute approximate surface area is 143 Å². The molecule has 2 heterocycles. The predicted molar refractivity (Wildman–Crippen MR) is 89.8 cm³/mol. The van der Waals surface area contributed by atoms with Gasteiger partial charge in [0, 0.05) is 5.38 Å². The van der Waals surface area contributed by atoms with Crippen LogP contribution in [0.3, 0.4) is 0 Å². The lowest BCUT2D eigenvalue weighted by molar-refractivity contribution is 0.102. The van der Waals surface area contributed by atoms with Crippen molar-refractivity contribution in [1.82, 2.24) is 4.98 Å². The third-order valence-corrected chi connectivity index (χ3v) is 5.01. The molecule has 2 aromatic heterocycles. The van der Waals surface area contributed by atoms with Crippen LogP contribution < -0.4 is 5.32 Å². The van der Waals surface area contributed by atoms with Crippen LogP contribution in [0.15, 0.2) is 35.0 Å². The molecule has 3 nitrogen and oxygen atoms in total. The average Bonchev–Trinajstić information content (AvgIpc) is 3.13. The number of amides is 1. The summed E-state index contributed by atoms with van der Waals surface area (Å²) < 4.78 is 13.5. The van der Waals surface area contributed by atoms with Gasteiger partial charge >= 0.3 is 0 Å². The number of aromatic nitrogens is 1. The molecule has 8 heteroatoms. The highest BCUT2D eigenvalue weighted by Crippen LogP contribution is 2.29. The van der Waals surface area contributed by atoms with Crippen LogP contribution in [-0.2, 0) is 0 Å². The van der Waals surface area contributed by atoms with Crippen LogP contribution in [0.5, 0.6) is 0 Å². The number of thiazole rings is 1. The fraction of sp³-hybridized carbons (Fsp3) is 0. The zero-order chi connectivity index (χ0) is 15.7. The van der Waals surface area contributed by atoms with Gasteiger partial charge in [-0.2, -0.15) is 0 Å². The van der Waals surface area contributed by atoms with Gasteiger partial charge in [-0.15, -0.1) is 22.7 Å². The average molecular weight is 373 g/mol. The molecule has 22 heavy (non-hydrogen) atoms. The number of nitrogens with one attached hydrogen (secondary N) is 1. The number of carbonyl (C=O) groups is 1. The van der Waals surface area contributed by atoms with Gasteiger partial charge in [-0.3, -0.25) is 10.1 Å². The highest BCUT2D eigenvalue weighted by Gasteiger charge is 2.16. The molecule has 0 radical (unpaired) electrons. The number of carbonyl (C=O) groups excluding carboxylic acids is 1. The molecule has 0 spiro atoms. The Morgan fingerprint density at radius 3 is 2.77 bits per heavy atom. The molecule has 0 saturated carbocycles. The van der Waals surface area contributed by atoms with Crippen molar-refractivity contribution in [3.63, 3.8) is 0 Å². The first-order valence-corrected chi connectivity index (χ1v) is 8.51. The van der Waals surface area contributed by atoms with E-state index in [0.717, 1.165) is 16.6 Å². The molecule has 0 unspecified atom stereocenters. The second-order valence-corrected chi connectivity index (χ2v) is 6.84. The van der Waals surface area contributed by atoms with Gasteiger partial charge in [-0.05, 0) is 23.6 Å². The van der Waals surface area contributed by atoms with Crippen LogP contribution in [-0.4, -0.2) is 10.9 Å². The van der Waals surface area contributed by atoms with E-state index in [0.29, 0.717) is 5.13 Å². The number of hydrogen-bond acceptors (Lipinski definition) is 4. The quantitative estimate of drug-likeness (QED) is 0.610. The summed E-state index contributed by atoms with van der Waals surface area (Å²) >= 11 is 14.4. The molecule has 0 saturated heterocycles. The van der Waals surface area contributed by atoms with Crippen LogP contribution in [0.25, 0.3) is 10.6 Å². The second kappa shape index (κ2) is 6.34. The maximum atomic E-state index is 13.5. The number of benzene rings is 1. The zero-order valence-electron chi connectivity index (χ0n) is 10.8. The molecule has 1 aromatic carbocycles. The Morgan fingerprint density at radius 1 is 1.23 bits per heavy atom. The summed E-state index contributed by atoms with van der Waals surface area (Å²) in [6.07, 6.45) is 0. The minimum absolute atomic E-state index is 0.0106. The number of anilines is 1. The lowest BCUT2D eigenvalue weighted by Gasteiger charge is -2.05. The Bertz CT molecular complexity index is 833. The molecular formula is C14H7Cl2FN2OS2. The van der Waals surface area contributed by atoms with Gasteiger partial charge in [0.1, 0.15) is 5.82 Å². The van der Waals surface area contributed by atoms with Crippen molar-refractivity contribution >= 4 is 56.9 Å². The summed E-state index contributed by atoms with van der Waals surface area (Å²) in [5.74, 6) is -1.23. The molecular weight excluding hydrogens is 366 g/mol. The van der Waals surface area contributed by atoms with Gasteiger partial charge in [0.15, 0.2) is 5.13 Å². The summed E-state index contributed by atoms with van der Waals surface area (Å²) in [5, 5.41) is 6.76. The van der Waals surface area contributed by atoms with Crippen molar-refractivity contribution in [2.75, 3.05) is 5.32 Å². The van der Waals surface area contributed by atoms with Crippen molar-refractivity contribution in [1.29, 1.82) is 0 Å². The first kappa shape index (κ1) is 15.4. The molecule has 3 aromatic rings. The Balaban J connectivity index is 1.82. The van der Waals surface area contributed by atoms with Crippen LogP contribution in [0, 0.1) is 5.82 Å². The van der Waals surface area contributed by atoms with Gasteiger partial charge < -0.3 is 0 Å². The summed E-state index contributed by atoms with van der Waals surface area (Å²) in [7, 11) is 0. The number of halogens is 3. The first-order chi connectivity index (χ1) is 10.5. The predicted octanol–water partition coefficient (Wildman–Crippen LogP) is 5.57. The highest BCUT2D eigenvalue weighted by atomic mass is 35.5. The van der Waals surface area contributed by atoms with Gasteiger partial charge in [-0.1, -0.05) is 29.3 Å². The molecule has 1 amide bonds. The van der Waals surface area contributed by atoms with E-state index in [2.05, 4.69) is 10.3 Å². The van der Waals surface area contributed by atoms with Crippen LogP contribution in [0.4, 0.5) is 9.52 Å². The Hall–Kier alpha value is -1.47. The number of rotatable bonds is 3. The maximum absolute atomic E-state index is 13.5. The van der Waals surface area contributed by atoms with Crippen LogP contribution in [0.2, 0.25) is 10.0 Å². The van der Waals surface area contributed by atoms with Crippen molar-refractivity contribution < 1.29 is 9.18 Å². The van der Waals surface area contributed by atoms with Crippen LogP contribution in [0.1, 0.15) is 10.4 Å². The maximum Gasteiger partial charge on any atom is 0.259 e. The summed E-state index contributed by atoms with van der Waals surface area (Å²) in [5.41, 5.74) is 0.792. The van der Waals surface area contributed by atoms with Gasteiger partial charge in [-0.25, -0.2) is 9.37 Å². The van der Waals surface area contributed by atoms with E-state index < -0.39 is 11.7 Å². The van der Waals surface area contributed by atoms with Gasteiger partial charge in [0.05, 0.1) is 26.2 Å². The lowest BCUT2D eigenvalue weighted by atomic mass is 10.2. The van der Waals surface area contributed by atoms with E-state index >= 15 is 0 Å². The normalized spacial score (nSPS) is 10.7. The van der Waals surface area contributed by atoms with Crippen molar-refractivity contribution in [3.05, 3.63) is 56.5 Å². The SMILES string of the molecule is O=C(Nc1nc(-c2cccs2)cs1)c1cc(F)c(Cl)cc1Cl. The highest BCUT2D eigenvalue weighted by molar-refractivity contribution is 7.16. The minimum Gasteiger partial charge on any atom is -0.298 e. The number of nitrogens with zero attached hydrogens (tertiary/aromatic N) is 1. The molecule has 0 aliphatic rings.